The SMILES string of the molecule is C[C@@H](Cc1cccs1)NC(=O)c1cc(F)cc(C(F)(F)F)c1.S. The average molecular weight is 365 g/mol. The van der Waals surface area contributed by atoms with Crippen LogP contribution in [0, 0.1) is 5.82 Å². The molecule has 0 saturated heterocycles. The Morgan fingerprint density at radius 2 is 2.00 bits per heavy atom. The Labute approximate surface area is 142 Å². The highest BCUT2D eigenvalue weighted by molar-refractivity contribution is 7.59. The molecule has 2 rings (SSSR count). The van der Waals surface area contributed by atoms with Gasteiger partial charge in [0, 0.05) is 22.9 Å². The molecular weight excluding hydrogens is 350 g/mol. The van der Waals surface area contributed by atoms with E-state index in [4.69, 9.17) is 0 Å². The third-order valence-electron chi connectivity index (χ3n) is 2.95. The number of amides is 1. The summed E-state index contributed by atoms with van der Waals surface area (Å²) < 4.78 is 51.2. The van der Waals surface area contributed by atoms with Crippen LogP contribution in [-0.2, 0) is 12.6 Å². The monoisotopic (exact) mass is 365 g/mol. The molecule has 1 amide bonds. The molecule has 1 aromatic carbocycles. The van der Waals surface area contributed by atoms with Crippen molar-refractivity contribution in [1.82, 2.24) is 5.32 Å². The highest BCUT2D eigenvalue weighted by atomic mass is 32.1. The Morgan fingerprint density at radius 1 is 1.30 bits per heavy atom. The maximum Gasteiger partial charge on any atom is 0.416 e. The van der Waals surface area contributed by atoms with Crippen LogP contribution in [0.25, 0.3) is 0 Å². The second kappa shape index (κ2) is 7.83. The first kappa shape index (κ1) is 19.5. The van der Waals surface area contributed by atoms with Gasteiger partial charge in [-0.25, -0.2) is 4.39 Å². The van der Waals surface area contributed by atoms with Crippen molar-refractivity contribution in [2.75, 3.05) is 0 Å². The number of nitrogens with one attached hydrogen (secondary N) is 1. The van der Waals surface area contributed by atoms with E-state index in [0.717, 1.165) is 10.9 Å². The third-order valence-corrected chi connectivity index (χ3v) is 3.85. The Kier molecular flexibility index (Phi) is 6.64. The van der Waals surface area contributed by atoms with E-state index in [1.165, 1.54) is 11.3 Å². The third kappa shape index (κ3) is 5.54. The lowest BCUT2D eigenvalue weighted by Crippen LogP contribution is -2.34. The first-order valence-corrected chi connectivity index (χ1v) is 7.34. The second-order valence-corrected chi connectivity index (χ2v) is 5.92. The molecule has 0 fully saturated rings. The normalized spacial score (nSPS) is 12.4. The summed E-state index contributed by atoms with van der Waals surface area (Å²) >= 11 is 1.52. The smallest absolute Gasteiger partial charge is 0.349 e. The number of benzene rings is 1. The molecular formula is C15H15F4NOS2. The predicted octanol–water partition coefficient (Wildman–Crippen LogP) is 4.38. The maximum absolute atomic E-state index is 13.3. The van der Waals surface area contributed by atoms with Gasteiger partial charge < -0.3 is 5.32 Å². The summed E-state index contributed by atoms with van der Waals surface area (Å²) in [6, 6.07) is 5.31. The van der Waals surface area contributed by atoms with Gasteiger partial charge in [0.05, 0.1) is 5.56 Å². The van der Waals surface area contributed by atoms with Gasteiger partial charge in [-0.15, -0.1) is 11.3 Å². The largest absolute Gasteiger partial charge is 0.416 e. The fraction of sp³-hybridized carbons (Fsp3) is 0.267. The Hall–Kier alpha value is -1.54. The van der Waals surface area contributed by atoms with E-state index >= 15 is 0 Å². The van der Waals surface area contributed by atoms with E-state index in [1.54, 1.807) is 6.92 Å². The minimum atomic E-state index is -4.69. The van der Waals surface area contributed by atoms with Crippen molar-refractivity contribution in [3.63, 3.8) is 0 Å². The number of carbonyl (C=O) groups is 1. The molecule has 126 valence electrons. The number of carbonyl (C=O) groups excluding carboxylic acids is 1. The van der Waals surface area contributed by atoms with Gasteiger partial charge in [0.2, 0.25) is 0 Å². The van der Waals surface area contributed by atoms with Crippen molar-refractivity contribution in [2.24, 2.45) is 0 Å². The van der Waals surface area contributed by atoms with Gasteiger partial charge in [0.15, 0.2) is 0 Å². The van der Waals surface area contributed by atoms with Crippen LogP contribution in [0.15, 0.2) is 35.7 Å². The first-order chi connectivity index (χ1) is 10.3. The van der Waals surface area contributed by atoms with Crippen molar-refractivity contribution in [3.05, 3.63) is 57.5 Å². The van der Waals surface area contributed by atoms with Crippen molar-refractivity contribution < 1.29 is 22.4 Å². The molecule has 0 aliphatic rings. The van der Waals surface area contributed by atoms with Crippen LogP contribution in [0.4, 0.5) is 17.6 Å². The zero-order chi connectivity index (χ0) is 16.3. The summed E-state index contributed by atoms with van der Waals surface area (Å²) in [5, 5.41) is 4.47. The molecule has 2 nitrogen and oxygen atoms in total. The van der Waals surface area contributed by atoms with Crippen LogP contribution in [-0.4, -0.2) is 11.9 Å². The lowest BCUT2D eigenvalue weighted by molar-refractivity contribution is -0.137. The summed E-state index contributed by atoms with van der Waals surface area (Å²) in [5.41, 5.74) is -1.52. The van der Waals surface area contributed by atoms with Crippen LogP contribution in [0.5, 0.6) is 0 Å². The van der Waals surface area contributed by atoms with Gasteiger partial charge in [0.1, 0.15) is 5.82 Å². The van der Waals surface area contributed by atoms with Crippen molar-refractivity contribution in [3.8, 4) is 0 Å². The molecule has 8 heteroatoms. The second-order valence-electron chi connectivity index (χ2n) is 4.88. The van der Waals surface area contributed by atoms with Gasteiger partial charge in [0.25, 0.3) is 5.91 Å². The minimum absolute atomic E-state index is 0. The molecule has 2 aromatic rings. The van der Waals surface area contributed by atoms with Gasteiger partial charge in [-0.3, -0.25) is 4.79 Å². The molecule has 0 bridgehead atoms. The van der Waals surface area contributed by atoms with E-state index in [-0.39, 0.29) is 25.1 Å². The van der Waals surface area contributed by atoms with Gasteiger partial charge >= 0.3 is 6.18 Å². The zero-order valence-electron chi connectivity index (χ0n) is 12.1. The van der Waals surface area contributed by atoms with Crippen molar-refractivity contribution in [2.45, 2.75) is 25.6 Å². The van der Waals surface area contributed by atoms with Crippen LogP contribution in [0.2, 0.25) is 0 Å². The fourth-order valence-electron chi connectivity index (χ4n) is 1.97. The summed E-state index contributed by atoms with van der Waals surface area (Å²) in [6.07, 6.45) is -4.13. The molecule has 1 aromatic heterocycles. The zero-order valence-corrected chi connectivity index (χ0v) is 13.9. The van der Waals surface area contributed by atoms with Gasteiger partial charge in [-0.2, -0.15) is 26.7 Å². The van der Waals surface area contributed by atoms with Crippen LogP contribution >= 0.6 is 24.8 Å². The Morgan fingerprint density at radius 3 is 2.57 bits per heavy atom. The van der Waals surface area contributed by atoms with Gasteiger partial charge in [-0.05, 0) is 36.6 Å². The topological polar surface area (TPSA) is 29.1 Å². The predicted molar refractivity (Wildman–Crippen MR) is 86.7 cm³/mol. The fourth-order valence-corrected chi connectivity index (χ4v) is 2.81. The summed E-state index contributed by atoms with van der Waals surface area (Å²) in [6.45, 7) is 1.74. The van der Waals surface area contributed by atoms with Crippen LogP contribution in [0.3, 0.4) is 0 Å². The molecule has 0 radical (unpaired) electrons. The van der Waals surface area contributed by atoms with E-state index < -0.39 is 23.5 Å². The number of alkyl halides is 3. The number of hydrogen-bond acceptors (Lipinski definition) is 2. The molecule has 1 heterocycles. The molecule has 23 heavy (non-hydrogen) atoms. The van der Waals surface area contributed by atoms with Crippen LogP contribution < -0.4 is 5.32 Å². The number of rotatable bonds is 4. The summed E-state index contributed by atoms with van der Waals surface area (Å²) in [5.74, 6) is -1.82. The first-order valence-electron chi connectivity index (χ1n) is 6.47. The molecule has 1 atom stereocenters. The number of hydrogen-bond donors (Lipinski definition) is 1. The highest BCUT2D eigenvalue weighted by Crippen LogP contribution is 2.30. The lowest BCUT2D eigenvalue weighted by Gasteiger charge is -2.14. The Bertz CT molecular complexity index is 656. The quantitative estimate of drug-likeness (QED) is 0.801. The average Bonchev–Trinajstić information content (AvgIpc) is 2.89. The Balaban J connectivity index is 0.00000264. The molecule has 0 spiro atoms. The summed E-state index contributed by atoms with van der Waals surface area (Å²) in [4.78, 5) is 13.0. The van der Waals surface area contributed by atoms with E-state index in [1.807, 2.05) is 17.5 Å². The highest BCUT2D eigenvalue weighted by Gasteiger charge is 2.32. The maximum atomic E-state index is 13.3. The number of thiophene rings is 1. The number of halogens is 4. The molecule has 0 aliphatic heterocycles. The van der Waals surface area contributed by atoms with Crippen LogP contribution in [0.1, 0.15) is 27.7 Å². The summed E-state index contributed by atoms with van der Waals surface area (Å²) in [7, 11) is 0. The van der Waals surface area contributed by atoms with Gasteiger partial charge in [-0.1, -0.05) is 6.07 Å². The van der Waals surface area contributed by atoms with E-state index in [0.29, 0.717) is 18.6 Å². The van der Waals surface area contributed by atoms with Crippen molar-refractivity contribution >= 4 is 30.7 Å². The van der Waals surface area contributed by atoms with E-state index in [9.17, 15) is 22.4 Å². The van der Waals surface area contributed by atoms with E-state index in [2.05, 4.69) is 5.32 Å². The lowest BCUT2D eigenvalue weighted by atomic mass is 10.1. The van der Waals surface area contributed by atoms with Crippen molar-refractivity contribution in [1.29, 1.82) is 0 Å². The minimum Gasteiger partial charge on any atom is -0.349 e. The molecule has 0 unspecified atom stereocenters. The molecule has 0 saturated carbocycles. The molecule has 0 aliphatic carbocycles. The standard InChI is InChI=1S/C15H13F4NOS.H2S/c1-9(5-13-3-2-4-22-13)20-14(21)10-6-11(15(17,18)19)8-12(16)7-10;/h2-4,6-9H,5H2,1H3,(H,20,21);1H2/t9-;/m0./s1. The molecule has 1 N–H and O–H groups in total.